The second-order valence-corrected chi connectivity index (χ2v) is 4.09. The van der Waals surface area contributed by atoms with Gasteiger partial charge in [-0.1, -0.05) is 12.1 Å². The van der Waals surface area contributed by atoms with Crippen molar-refractivity contribution in [3.05, 3.63) is 41.1 Å². The molecule has 19 heavy (non-hydrogen) atoms. The average molecular weight is 254 g/mol. The van der Waals surface area contributed by atoms with E-state index in [2.05, 4.69) is 20.7 Å². The van der Waals surface area contributed by atoms with Crippen LogP contribution in [0.2, 0.25) is 0 Å². The number of hydrazine groups is 1. The van der Waals surface area contributed by atoms with Gasteiger partial charge in [0.1, 0.15) is 17.6 Å². The van der Waals surface area contributed by atoms with Gasteiger partial charge in [0.25, 0.3) is 0 Å². The highest BCUT2D eigenvalue weighted by Gasteiger charge is 2.06. The quantitative estimate of drug-likeness (QED) is 0.572. The summed E-state index contributed by atoms with van der Waals surface area (Å²) >= 11 is 0. The maximum Gasteiger partial charge on any atom is 0.240 e. The summed E-state index contributed by atoms with van der Waals surface area (Å²) in [6.07, 6.45) is 0. The SMILES string of the molecule is Cc1cccc(Nc2cc(C#N)nc(NN)n2)c1C. The molecule has 1 aromatic carbocycles. The highest BCUT2D eigenvalue weighted by Crippen LogP contribution is 2.22. The van der Waals surface area contributed by atoms with E-state index in [0.717, 1.165) is 11.3 Å². The first-order valence-corrected chi connectivity index (χ1v) is 5.73. The van der Waals surface area contributed by atoms with Gasteiger partial charge in [-0.2, -0.15) is 10.2 Å². The normalized spacial score (nSPS) is 9.79. The molecule has 0 atom stereocenters. The van der Waals surface area contributed by atoms with Crippen LogP contribution >= 0.6 is 0 Å². The standard InChI is InChI=1S/C13H14N6/c1-8-4-3-5-11(9(8)2)17-12-6-10(7-14)16-13(18-12)19-15/h3-6H,15H2,1-2H3,(H2,16,17,18,19). The van der Waals surface area contributed by atoms with Gasteiger partial charge in [0.2, 0.25) is 5.95 Å². The Hall–Kier alpha value is -2.65. The number of aryl methyl sites for hydroxylation is 1. The van der Waals surface area contributed by atoms with Crippen LogP contribution in [0, 0.1) is 25.2 Å². The van der Waals surface area contributed by atoms with Gasteiger partial charge in [-0.3, -0.25) is 5.43 Å². The Balaban J connectivity index is 2.38. The topological polar surface area (TPSA) is 99.7 Å². The molecule has 0 amide bonds. The number of hydrogen-bond acceptors (Lipinski definition) is 6. The summed E-state index contributed by atoms with van der Waals surface area (Å²) < 4.78 is 0. The van der Waals surface area contributed by atoms with Gasteiger partial charge in [0.05, 0.1) is 0 Å². The Kier molecular flexibility index (Phi) is 3.59. The summed E-state index contributed by atoms with van der Waals surface area (Å²) in [5, 5.41) is 12.1. The number of nitrogen functional groups attached to an aromatic ring is 1. The molecule has 96 valence electrons. The van der Waals surface area contributed by atoms with Crippen LogP contribution in [0.25, 0.3) is 0 Å². The van der Waals surface area contributed by atoms with E-state index in [4.69, 9.17) is 11.1 Å². The molecule has 0 aliphatic heterocycles. The number of nitrogens with zero attached hydrogens (tertiary/aromatic N) is 3. The first-order valence-electron chi connectivity index (χ1n) is 5.73. The van der Waals surface area contributed by atoms with Crippen molar-refractivity contribution in [3.8, 4) is 6.07 Å². The molecule has 0 saturated heterocycles. The second-order valence-electron chi connectivity index (χ2n) is 4.09. The first kappa shape index (κ1) is 12.8. The van der Waals surface area contributed by atoms with Crippen molar-refractivity contribution < 1.29 is 0 Å². The van der Waals surface area contributed by atoms with Crippen molar-refractivity contribution in [2.24, 2.45) is 5.84 Å². The van der Waals surface area contributed by atoms with E-state index in [1.54, 1.807) is 6.07 Å². The number of nitriles is 1. The lowest BCUT2D eigenvalue weighted by atomic mass is 10.1. The van der Waals surface area contributed by atoms with Crippen molar-refractivity contribution in [2.75, 3.05) is 10.7 Å². The first-order chi connectivity index (χ1) is 9.13. The Labute approximate surface area is 111 Å². The van der Waals surface area contributed by atoms with Gasteiger partial charge in [0.15, 0.2) is 0 Å². The van der Waals surface area contributed by atoms with Crippen molar-refractivity contribution in [3.63, 3.8) is 0 Å². The fourth-order valence-electron chi connectivity index (χ4n) is 1.66. The lowest BCUT2D eigenvalue weighted by Gasteiger charge is -2.11. The molecule has 6 heteroatoms. The Morgan fingerprint density at radius 3 is 2.74 bits per heavy atom. The summed E-state index contributed by atoms with van der Waals surface area (Å²) in [6, 6.07) is 9.48. The fraction of sp³-hybridized carbons (Fsp3) is 0.154. The molecule has 6 nitrogen and oxygen atoms in total. The van der Waals surface area contributed by atoms with Crippen molar-refractivity contribution >= 4 is 17.5 Å². The van der Waals surface area contributed by atoms with Crippen LogP contribution in [0.4, 0.5) is 17.5 Å². The van der Waals surface area contributed by atoms with Gasteiger partial charge >= 0.3 is 0 Å². The van der Waals surface area contributed by atoms with E-state index in [0.29, 0.717) is 5.82 Å². The van der Waals surface area contributed by atoms with Gasteiger partial charge in [-0.15, -0.1) is 0 Å². The highest BCUT2D eigenvalue weighted by atomic mass is 15.3. The van der Waals surface area contributed by atoms with Crippen molar-refractivity contribution in [2.45, 2.75) is 13.8 Å². The molecule has 0 bridgehead atoms. The van der Waals surface area contributed by atoms with Crippen LogP contribution in [-0.2, 0) is 0 Å². The van der Waals surface area contributed by atoms with E-state index in [-0.39, 0.29) is 11.6 Å². The third kappa shape index (κ3) is 2.78. The monoisotopic (exact) mass is 254 g/mol. The number of nitrogens with one attached hydrogen (secondary N) is 2. The number of aromatic nitrogens is 2. The largest absolute Gasteiger partial charge is 0.340 e. The minimum Gasteiger partial charge on any atom is -0.340 e. The Morgan fingerprint density at radius 2 is 2.05 bits per heavy atom. The zero-order valence-corrected chi connectivity index (χ0v) is 10.7. The van der Waals surface area contributed by atoms with E-state index < -0.39 is 0 Å². The summed E-state index contributed by atoms with van der Waals surface area (Å²) in [5.74, 6) is 6.00. The number of rotatable bonds is 3. The van der Waals surface area contributed by atoms with Crippen LogP contribution in [0.5, 0.6) is 0 Å². The molecule has 0 aliphatic carbocycles. The summed E-state index contributed by atoms with van der Waals surface area (Å²) in [7, 11) is 0. The molecule has 0 spiro atoms. The van der Waals surface area contributed by atoms with Crippen LogP contribution in [0.3, 0.4) is 0 Å². The van der Waals surface area contributed by atoms with Gasteiger partial charge in [-0.05, 0) is 31.0 Å². The fourth-order valence-corrected chi connectivity index (χ4v) is 1.66. The highest BCUT2D eigenvalue weighted by molar-refractivity contribution is 5.63. The second kappa shape index (κ2) is 5.33. The molecule has 1 heterocycles. The van der Waals surface area contributed by atoms with Gasteiger partial charge in [-0.25, -0.2) is 10.8 Å². The van der Waals surface area contributed by atoms with Crippen LogP contribution in [0.1, 0.15) is 16.8 Å². The Morgan fingerprint density at radius 1 is 1.26 bits per heavy atom. The number of benzene rings is 1. The number of anilines is 3. The molecular weight excluding hydrogens is 240 g/mol. The predicted molar refractivity (Wildman–Crippen MR) is 73.8 cm³/mol. The maximum atomic E-state index is 8.91. The summed E-state index contributed by atoms with van der Waals surface area (Å²) in [4.78, 5) is 8.06. The van der Waals surface area contributed by atoms with E-state index >= 15 is 0 Å². The van der Waals surface area contributed by atoms with E-state index in [1.807, 2.05) is 38.1 Å². The van der Waals surface area contributed by atoms with Crippen LogP contribution < -0.4 is 16.6 Å². The van der Waals surface area contributed by atoms with Crippen LogP contribution in [0.15, 0.2) is 24.3 Å². The number of hydrogen-bond donors (Lipinski definition) is 3. The van der Waals surface area contributed by atoms with Crippen molar-refractivity contribution in [1.82, 2.24) is 9.97 Å². The Bertz CT molecular complexity index is 644. The molecule has 0 fully saturated rings. The molecule has 1 aromatic heterocycles. The maximum absolute atomic E-state index is 8.91. The molecule has 4 N–H and O–H groups in total. The van der Waals surface area contributed by atoms with E-state index in [9.17, 15) is 0 Å². The predicted octanol–water partition coefficient (Wildman–Crippen LogP) is 1.99. The molecule has 0 radical (unpaired) electrons. The zero-order chi connectivity index (χ0) is 13.8. The lowest BCUT2D eigenvalue weighted by molar-refractivity contribution is 1.10. The minimum absolute atomic E-state index is 0.201. The molecule has 2 aromatic rings. The van der Waals surface area contributed by atoms with Gasteiger partial charge < -0.3 is 5.32 Å². The molecule has 0 unspecified atom stereocenters. The summed E-state index contributed by atoms with van der Waals surface area (Å²) in [5.41, 5.74) is 5.83. The summed E-state index contributed by atoms with van der Waals surface area (Å²) in [6.45, 7) is 4.06. The molecule has 0 aliphatic rings. The molecule has 0 saturated carbocycles. The lowest BCUT2D eigenvalue weighted by Crippen LogP contribution is -2.12. The minimum atomic E-state index is 0.201. The third-order valence-corrected chi connectivity index (χ3v) is 2.84. The van der Waals surface area contributed by atoms with E-state index in [1.165, 1.54) is 5.56 Å². The third-order valence-electron chi connectivity index (χ3n) is 2.84. The zero-order valence-electron chi connectivity index (χ0n) is 10.7. The molecular formula is C13H14N6. The molecule has 2 rings (SSSR count). The number of nitrogens with two attached hydrogens (primary N) is 1. The van der Waals surface area contributed by atoms with Gasteiger partial charge in [0, 0.05) is 11.8 Å². The smallest absolute Gasteiger partial charge is 0.240 e. The van der Waals surface area contributed by atoms with Crippen LogP contribution in [-0.4, -0.2) is 9.97 Å². The van der Waals surface area contributed by atoms with Crippen molar-refractivity contribution in [1.29, 1.82) is 5.26 Å². The average Bonchev–Trinajstić information content (AvgIpc) is 2.43.